The number of benzene rings is 2. The Balaban J connectivity index is 2.16. The maximum absolute atomic E-state index is 13.5. The van der Waals surface area contributed by atoms with E-state index in [0.717, 1.165) is 12.1 Å². The SMILES string of the molecule is N/C(=N/O)c1ccc(NC(=O)c2ccc(F)cc2F)cc1. The van der Waals surface area contributed by atoms with E-state index in [-0.39, 0.29) is 11.4 Å². The van der Waals surface area contributed by atoms with Crippen LogP contribution in [0.1, 0.15) is 15.9 Å². The lowest BCUT2D eigenvalue weighted by Crippen LogP contribution is -2.15. The van der Waals surface area contributed by atoms with Crippen LogP contribution >= 0.6 is 0 Å². The van der Waals surface area contributed by atoms with Crippen molar-refractivity contribution in [2.45, 2.75) is 0 Å². The van der Waals surface area contributed by atoms with Crippen LogP contribution in [0.25, 0.3) is 0 Å². The number of amidine groups is 1. The summed E-state index contributed by atoms with van der Waals surface area (Å²) in [6, 6.07) is 8.75. The van der Waals surface area contributed by atoms with Crippen molar-refractivity contribution in [3.63, 3.8) is 0 Å². The van der Waals surface area contributed by atoms with Gasteiger partial charge in [0.25, 0.3) is 5.91 Å². The van der Waals surface area contributed by atoms with E-state index in [1.54, 1.807) is 0 Å². The minimum absolute atomic E-state index is 0.0718. The summed E-state index contributed by atoms with van der Waals surface area (Å²) in [5.74, 6) is -2.48. The van der Waals surface area contributed by atoms with E-state index in [1.807, 2.05) is 0 Å². The molecule has 0 radical (unpaired) electrons. The number of carbonyl (C=O) groups is 1. The van der Waals surface area contributed by atoms with Crippen molar-refractivity contribution >= 4 is 17.4 Å². The number of oxime groups is 1. The maximum Gasteiger partial charge on any atom is 0.258 e. The Hall–Kier alpha value is -2.96. The average Bonchev–Trinajstić information content (AvgIpc) is 2.47. The second kappa shape index (κ2) is 6.00. The zero-order chi connectivity index (χ0) is 15.4. The van der Waals surface area contributed by atoms with E-state index in [4.69, 9.17) is 10.9 Å². The maximum atomic E-state index is 13.5. The smallest absolute Gasteiger partial charge is 0.258 e. The monoisotopic (exact) mass is 291 g/mol. The van der Waals surface area contributed by atoms with E-state index in [2.05, 4.69) is 10.5 Å². The molecule has 2 aromatic rings. The lowest BCUT2D eigenvalue weighted by molar-refractivity contribution is 0.102. The van der Waals surface area contributed by atoms with Gasteiger partial charge in [-0.1, -0.05) is 5.16 Å². The molecule has 0 heterocycles. The summed E-state index contributed by atoms with van der Waals surface area (Å²) in [6.07, 6.45) is 0. The number of hydrogen-bond acceptors (Lipinski definition) is 3. The predicted octanol–water partition coefficient (Wildman–Crippen LogP) is 2.31. The van der Waals surface area contributed by atoms with Gasteiger partial charge in [-0.3, -0.25) is 4.79 Å². The van der Waals surface area contributed by atoms with Gasteiger partial charge in [0.15, 0.2) is 5.84 Å². The number of halogens is 2. The summed E-state index contributed by atoms with van der Waals surface area (Å²) < 4.78 is 26.2. The number of anilines is 1. The van der Waals surface area contributed by atoms with E-state index in [0.29, 0.717) is 17.3 Å². The number of nitrogens with two attached hydrogens (primary N) is 1. The fourth-order valence-corrected chi connectivity index (χ4v) is 1.65. The highest BCUT2D eigenvalue weighted by atomic mass is 19.1. The van der Waals surface area contributed by atoms with Crippen LogP contribution in [-0.4, -0.2) is 17.0 Å². The minimum atomic E-state index is -0.944. The minimum Gasteiger partial charge on any atom is -0.409 e. The number of nitrogens with one attached hydrogen (secondary N) is 1. The summed E-state index contributed by atoms with van der Waals surface area (Å²) in [7, 11) is 0. The summed E-state index contributed by atoms with van der Waals surface area (Å²) in [4.78, 5) is 11.9. The first-order valence-electron chi connectivity index (χ1n) is 5.85. The van der Waals surface area contributed by atoms with Gasteiger partial charge in [0, 0.05) is 17.3 Å². The summed E-state index contributed by atoms with van der Waals surface area (Å²) in [5, 5.41) is 13.8. The highest BCUT2D eigenvalue weighted by Gasteiger charge is 2.12. The lowest BCUT2D eigenvalue weighted by atomic mass is 10.1. The summed E-state index contributed by atoms with van der Waals surface area (Å²) in [6.45, 7) is 0. The fourth-order valence-electron chi connectivity index (χ4n) is 1.65. The standard InChI is InChI=1S/C14H11F2N3O2/c15-9-3-6-11(12(16)7-9)14(20)18-10-4-1-8(2-5-10)13(17)19-21/h1-7,21H,(H2,17,19)(H,18,20). The Kier molecular flexibility index (Phi) is 4.13. The molecule has 21 heavy (non-hydrogen) atoms. The first-order chi connectivity index (χ1) is 10.0. The van der Waals surface area contributed by atoms with Crippen molar-refractivity contribution in [2.75, 3.05) is 5.32 Å². The van der Waals surface area contributed by atoms with E-state index >= 15 is 0 Å². The third-order valence-electron chi connectivity index (χ3n) is 2.72. The molecule has 0 saturated heterocycles. The van der Waals surface area contributed by atoms with Crippen molar-refractivity contribution in [1.82, 2.24) is 0 Å². The first kappa shape index (κ1) is 14.4. The number of amides is 1. The Morgan fingerprint density at radius 2 is 1.81 bits per heavy atom. The molecule has 0 atom stereocenters. The topological polar surface area (TPSA) is 87.7 Å². The highest BCUT2D eigenvalue weighted by molar-refractivity contribution is 6.04. The third kappa shape index (κ3) is 3.33. The lowest BCUT2D eigenvalue weighted by Gasteiger charge is -2.07. The second-order valence-corrected chi connectivity index (χ2v) is 4.14. The van der Waals surface area contributed by atoms with Gasteiger partial charge in [-0.2, -0.15) is 0 Å². The van der Waals surface area contributed by atoms with Crippen molar-refractivity contribution in [2.24, 2.45) is 10.9 Å². The van der Waals surface area contributed by atoms with E-state index in [1.165, 1.54) is 24.3 Å². The molecule has 0 bridgehead atoms. The molecule has 108 valence electrons. The van der Waals surface area contributed by atoms with Gasteiger partial charge in [-0.15, -0.1) is 0 Å². The van der Waals surface area contributed by atoms with Crippen LogP contribution in [0.2, 0.25) is 0 Å². The van der Waals surface area contributed by atoms with Crippen molar-refractivity contribution < 1.29 is 18.8 Å². The average molecular weight is 291 g/mol. The van der Waals surface area contributed by atoms with E-state index in [9.17, 15) is 13.6 Å². The van der Waals surface area contributed by atoms with Crippen LogP contribution in [0.3, 0.4) is 0 Å². The van der Waals surface area contributed by atoms with Gasteiger partial charge in [-0.25, -0.2) is 8.78 Å². The Morgan fingerprint density at radius 1 is 1.14 bits per heavy atom. The second-order valence-electron chi connectivity index (χ2n) is 4.14. The van der Waals surface area contributed by atoms with Crippen LogP contribution in [0.15, 0.2) is 47.6 Å². The number of carbonyl (C=O) groups excluding carboxylic acids is 1. The summed E-state index contributed by atoms with van der Waals surface area (Å²) in [5.41, 5.74) is 5.98. The fraction of sp³-hybridized carbons (Fsp3) is 0. The van der Waals surface area contributed by atoms with Gasteiger partial charge >= 0.3 is 0 Å². The van der Waals surface area contributed by atoms with Gasteiger partial charge < -0.3 is 16.3 Å². The van der Waals surface area contributed by atoms with Gasteiger partial charge in [-0.05, 0) is 36.4 Å². The Labute approximate surface area is 118 Å². The molecule has 0 aromatic heterocycles. The molecule has 2 aromatic carbocycles. The van der Waals surface area contributed by atoms with Crippen LogP contribution in [0.4, 0.5) is 14.5 Å². The van der Waals surface area contributed by atoms with Gasteiger partial charge in [0.2, 0.25) is 0 Å². The van der Waals surface area contributed by atoms with Gasteiger partial charge in [0.1, 0.15) is 11.6 Å². The van der Waals surface area contributed by atoms with Crippen LogP contribution in [0, 0.1) is 11.6 Å². The molecule has 1 amide bonds. The van der Waals surface area contributed by atoms with Gasteiger partial charge in [0.05, 0.1) is 5.56 Å². The first-order valence-corrected chi connectivity index (χ1v) is 5.85. The predicted molar refractivity (Wildman–Crippen MR) is 73.3 cm³/mol. The molecular formula is C14H11F2N3O2. The molecule has 5 nitrogen and oxygen atoms in total. The largest absolute Gasteiger partial charge is 0.409 e. The molecule has 0 spiro atoms. The molecule has 0 fully saturated rings. The van der Waals surface area contributed by atoms with Crippen LogP contribution < -0.4 is 11.1 Å². The normalized spacial score (nSPS) is 11.2. The van der Waals surface area contributed by atoms with Crippen LogP contribution in [-0.2, 0) is 0 Å². The number of hydrogen-bond donors (Lipinski definition) is 3. The van der Waals surface area contributed by atoms with Crippen molar-refractivity contribution in [3.05, 3.63) is 65.2 Å². The van der Waals surface area contributed by atoms with Crippen molar-refractivity contribution in [3.8, 4) is 0 Å². The molecule has 0 saturated carbocycles. The molecule has 2 rings (SSSR count). The summed E-state index contributed by atoms with van der Waals surface area (Å²) >= 11 is 0. The highest BCUT2D eigenvalue weighted by Crippen LogP contribution is 2.14. The molecule has 0 unspecified atom stereocenters. The number of rotatable bonds is 3. The zero-order valence-electron chi connectivity index (χ0n) is 10.7. The molecule has 0 aliphatic heterocycles. The third-order valence-corrected chi connectivity index (χ3v) is 2.72. The van der Waals surface area contributed by atoms with Crippen LogP contribution in [0.5, 0.6) is 0 Å². The quantitative estimate of drug-likeness (QED) is 0.351. The Bertz CT molecular complexity index is 700. The van der Waals surface area contributed by atoms with E-state index < -0.39 is 17.5 Å². The number of nitrogens with zero attached hydrogens (tertiary/aromatic N) is 1. The molecule has 0 aliphatic carbocycles. The molecule has 7 heteroatoms. The molecule has 4 N–H and O–H groups in total. The van der Waals surface area contributed by atoms with Crippen molar-refractivity contribution in [1.29, 1.82) is 0 Å². The zero-order valence-corrected chi connectivity index (χ0v) is 10.7. The molecular weight excluding hydrogens is 280 g/mol. The Morgan fingerprint density at radius 3 is 2.38 bits per heavy atom. The molecule has 0 aliphatic rings.